The summed E-state index contributed by atoms with van der Waals surface area (Å²) in [5.74, 6) is 1.88. The van der Waals surface area contributed by atoms with Crippen LogP contribution in [0.5, 0.6) is 5.75 Å². The second-order valence-electron chi connectivity index (χ2n) is 6.22. The molecule has 132 valence electrons. The number of hydrogen-bond acceptors (Lipinski definition) is 4. The number of nitrogens with zero attached hydrogens (tertiary/aromatic N) is 2. The highest BCUT2D eigenvalue weighted by Gasteiger charge is 2.25. The molecule has 0 amide bonds. The van der Waals surface area contributed by atoms with E-state index in [0.29, 0.717) is 6.54 Å². The Morgan fingerprint density at radius 3 is 2.68 bits per heavy atom. The number of aliphatic hydroxyl groups is 1. The maximum absolute atomic E-state index is 9.47. The summed E-state index contributed by atoms with van der Waals surface area (Å²) in [6.07, 6.45) is 1.79. The molecule has 0 saturated heterocycles. The van der Waals surface area contributed by atoms with E-state index >= 15 is 0 Å². The molecule has 4 nitrogen and oxygen atoms in total. The predicted molar refractivity (Wildman–Crippen MR) is 105 cm³/mol. The Labute approximate surface area is 157 Å². The zero-order valence-electron chi connectivity index (χ0n) is 14.6. The molecule has 1 N–H and O–H groups in total. The predicted octanol–water partition coefficient (Wildman–Crippen LogP) is 3.30. The zero-order valence-corrected chi connectivity index (χ0v) is 16.2. The molecular formula is C20H23BrN2O2. The van der Waals surface area contributed by atoms with Gasteiger partial charge in [0, 0.05) is 17.1 Å². The van der Waals surface area contributed by atoms with E-state index in [4.69, 9.17) is 4.74 Å². The first-order valence-corrected chi connectivity index (χ1v) is 9.22. The van der Waals surface area contributed by atoms with Gasteiger partial charge in [-0.05, 0) is 42.2 Å². The van der Waals surface area contributed by atoms with Crippen LogP contribution in [0.1, 0.15) is 16.7 Å². The molecular weight excluding hydrogens is 380 g/mol. The minimum atomic E-state index is 0.0771. The van der Waals surface area contributed by atoms with Crippen LogP contribution in [0, 0.1) is 0 Å². The molecule has 1 aliphatic heterocycles. The third kappa shape index (κ3) is 3.88. The van der Waals surface area contributed by atoms with Gasteiger partial charge >= 0.3 is 0 Å². The summed E-state index contributed by atoms with van der Waals surface area (Å²) in [7, 11) is 3.71. The molecule has 2 aromatic rings. The van der Waals surface area contributed by atoms with Crippen molar-refractivity contribution < 1.29 is 9.84 Å². The SMILES string of the molecule is COc1ccc(Br)cc1CCc1ccccc1C1=NCC(CO)N1C. The van der Waals surface area contributed by atoms with Gasteiger partial charge in [0.1, 0.15) is 11.6 Å². The fraction of sp³-hybridized carbons (Fsp3) is 0.350. The summed E-state index contributed by atoms with van der Waals surface area (Å²) in [6.45, 7) is 0.775. The third-order valence-corrected chi connectivity index (χ3v) is 5.20. The number of hydrogen-bond donors (Lipinski definition) is 1. The minimum Gasteiger partial charge on any atom is -0.496 e. The molecule has 25 heavy (non-hydrogen) atoms. The third-order valence-electron chi connectivity index (χ3n) is 4.71. The molecule has 0 spiro atoms. The van der Waals surface area contributed by atoms with Crippen molar-refractivity contribution in [3.05, 3.63) is 63.6 Å². The first kappa shape index (κ1) is 18.0. The number of benzene rings is 2. The van der Waals surface area contributed by atoms with Crippen LogP contribution >= 0.6 is 15.9 Å². The van der Waals surface area contributed by atoms with Crippen LogP contribution in [-0.2, 0) is 12.8 Å². The van der Waals surface area contributed by atoms with Crippen molar-refractivity contribution in [2.45, 2.75) is 18.9 Å². The first-order valence-electron chi connectivity index (χ1n) is 8.43. The highest BCUT2D eigenvalue weighted by molar-refractivity contribution is 9.10. The fourth-order valence-corrected chi connectivity index (χ4v) is 3.63. The number of rotatable bonds is 6. The molecule has 1 unspecified atom stereocenters. The Balaban J connectivity index is 1.82. The van der Waals surface area contributed by atoms with Crippen molar-refractivity contribution in [2.75, 3.05) is 27.3 Å². The zero-order chi connectivity index (χ0) is 17.8. The van der Waals surface area contributed by atoms with Gasteiger partial charge in [-0.3, -0.25) is 4.99 Å². The average Bonchev–Trinajstić information content (AvgIpc) is 3.00. The molecule has 1 aliphatic rings. The molecule has 0 bridgehead atoms. The average molecular weight is 403 g/mol. The van der Waals surface area contributed by atoms with E-state index in [2.05, 4.69) is 50.1 Å². The quantitative estimate of drug-likeness (QED) is 0.805. The summed E-state index contributed by atoms with van der Waals surface area (Å²) >= 11 is 3.54. The summed E-state index contributed by atoms with van der Waals surface area (Å²) < 4.78 is 6.54. The Bertz CT molecular complexity index is 776. The molecule has 2 aromatic carbocycles. The number of methoxy groups -OCH3 is 1. The van der Waals surface area contributed by atoms with Gasteiger partial charge in [-0.2, -0.15) is 0 Å². The standard InChI is InChI=1S/C20H23BrN2O2/c1-23-17(13-24)12-22-20(23)18-6-4-3-5-14(18)7-8-15-11-16(21)9-10-19(15)25-2/h3-6,9-11,17,24H,7-8,12-13H2,1-2H3. The van der Waals surface area contributed by atoms with E-state index in [-0.39, 0.29) is 12.6 Å². The lowest BCUT2D eigenvalue weighted by Gasteiger charge is -2.23. The van der Waals surface area contributed by atoms with E-state index in [0.717, 1.165) is 34.5 Å². The van der Waals surface area contributed by atoms with Crippen LogP contribution in [0.3, 0.4) is 0 Å². The molecule has 3 rings (SSSR count). The maximum atomic E-state index is 9.47. The molecule has 5 heteroatoms. The normalized spacial score (nSPS) is 16.9. The summed E-state index contributed by atoms with van der Waals surface area (Å²) in [4.78, 5) is 6.73. The maximum Gasteiger partial charge on any atom is 0.131 e. The van der Waals surface area contributed by atoms with Crippen LogP contribution in [-0.4, -0.2) is 49.2 Å². The Morgan fingerprint density at radius 1 is 1.20 bits per heavy atom. The van der Waals surface area contributed by atoms with E-state index in [9.17, 15) is 5.11 Å². The lowest BCUT2D eigenvalue weighted by molar-refractivity contribution is 0.212. The van der Waals surface area contributed by atoms with Gasteiger partial charge in [0.2, 0.25) is 0 Å². The van der Waals surface area contributed by atoms with Gasteiger partial charge in [-0.25, -0.2) is 0 Å². The van der Waals surface area contributed by atoms with Crippen molar-refractivity contribution in [3.63, 3.8) is 0 Å². The number of aryl methyl sites for hydroxylation is 2. The van der Waals surface area contributed by atoms with Gasteiger partial charge in [-0.15, -0.1) is 0 Å². The number of aliphatic hydroxyl groups excluding tert-OH is 1. The number of halogens is 1. The molecule has 0 aliphatic carbocycles. The van der Waals surface area contributed by atoms with Gasteiger partial charge in [0.05, 0.1) is 26.3 Å². The van der Waals surface area contributed by atoms with E-state index in [1.54, 1.807) is 7.11 Å². The topological polar surface area (TPSA) is 45.1 Å². The monoisotopic (exact) mass is 402 g/mol. The Morgan fingerprint density at radius 2 is 1.96 bits per heavy atom. The largest absolute Gasteiger partial charge is 0.496 e. The van der Waals surface area contributed by atoms with Crippen LogP contribution in [0.25, 0.3) is 0 Å². The van der Waals surface area contributed by atoms with E-state index < -0.39 is 0 Å². The van der Waals surface area contributed by atoms with Crippen molar-refractivity contribution in [1.29, 1.82) is 0 Å². The smallest absolute Gasteiger partial charge is 0.131 e. The van der Waals surface area contributed by atoms with Crippen molar-refractivity contribution in [3.8, 4) is 5.75 Å². The second kappa shape index (κ2) is 8.02. The number of likely N-dealkylation sites (N-methyl/N-ethyl adjacent to an activating group) is 1. The van der Waals surface area contributed by atoms with Crippen molar-refractivity contribution in [1.82, 2.24) is 4.90 Å². The Hall–Kier alpha value is -1.85. The van der Waals surface area contributed by atoms with Crippen LogP contribution in [0.4, 0.5) is 0 Å². The van der Waals surface area contributed by atoms with E-state index in [1.165, 1.54) is 11.1 Å². The van der Waals surface area contributed by atoms with Gasteiger partial charge in [-0.1, -0.05) is 40.2 Å². The van der Waals surface area contributed by atoms with Crippen LogP contribution in [0.2, 0.25) is 0 Å². The second-order valence-corrected chi connectivity index (χ2v) is 7.14. The number of amidine groups is 1. The number of aliphatic imine (C=N–C) groups is 1. The number of ether oxygens (including phenoxy) is 1. The minimum absolute atomic E-state index is 0.0771. The first-order chi connectivity index (χ1) is 12.1. The Kier molecular flexibility index (Phi) is 5.76. The molecule has 1 heterocycles. The fourth-order valence-electron chi connectivity index (χ4n) is 3.22. The molecule has 0 fully saturated rings. The molecule has 0 aromatic heterocycles. The van der Waals surface area contributed by atoms with Crippen LogP contribution in [0.15, 0.2) is 51.9 Å². The highest BCUT2D eigenvalue weighted by Crippen LogP contribution is 2.26. The molecule has 1 atom stereocenters. The lowest BCUT2D eigenvalue weighted by Crippen LogP contribution is -2.36. The van der Waals surface area contributed by atoms with Crippen molar-refractivity contribution >= 4 is 21.8 Å². The van der Waals surface area contributed by atoms with Gasteiger partial charge in [0.15, 0.2) is 0 Å². The van der Waals surface area contributed by atoms with Crippen LogP contribution < -0.4 is 4.74 Å². The molecule has 0 radical (unpaired) electrons. The molecule has 0 saturated carbocycles. The highest BCUT2D eigenvalue weighted by atomic mass is 79.9. The van der Waals surface area contributed by atoms with Gasteiger partial charge < -0.3 is 14.7 Å². The van der Waals surface area contributed by atoms with Gasteiger partial charge in [0.25, 0.3) is 0 Å². The van der Waals surface area contributed by atoms with E-state index in [1.807, 2.05) is 25.2 Å². The van der Waals surface area contributed by atoms with Crippen molar-refractivity contribution in [2.24, 2.45) is 4.99 Å². The lowest BCUT2D eigenvalue weighted by atomic mass is 9.98. The summed E-state index contributed by atoms with van der Waals surface area (Å²) in [6, 6.07) is 14.6. The summed E-state index contributed by atoms with van der Waals surface area (Å²) in [5.41, 5.74) is 3.59. The summed E-state index contributed by atoms with van der Waals surface area (Å²) in [5, 5.41) is 9.47.